The lowest BCUT2D eigenvalue weighted by Crippen LogP contribution is -2.60. The number of nitrogens with zero attached hydrogens (tertiary/aromatic N) is 3. The summed E-state index contributed by atoms with van der Waals surface area (Å²) in [7, 11) is 7.06. The zero-order valence-corrected chi connectivity index (χ0v) is 66.6. The van der Waals surface area contributed by atoms with E-state index in [9.17, 15) is 65.4 Å². The number of carbonyl (C=O) groups excluding carboxylic acids is 3. The summed E-state index contributed by atoms with van der Waals surface area (Å²) in [5.41, 5.74) is -6.64. The summed E-state index contributed by atoms with van der Waals surface area (Å²) in [6.45, 7) is 30.3. The van der Waals surface area contributed by atoms with Gasteiger partial charge in [0.25, 0.3) is 0 Å². The van der Waals surface area contributed by atoms with E-state index in [1.807, 2.05) is 63.7 Å². The van der Waals surface area contributed by atoms with Gasteiger partial charge in [0, 0.05) is 56.5 Å². The molecule has 0 aromatic carbocycles. The normalized spacial score (nSPS) is 41.2. The molecule has 0 bridgehead atoms. The fourth-order valence-electron chi connectivity index (χ4n) is 15.4. The number of hydrogen-bond acceptors (Lipinski definition) is 22. The average molecular weight is 1460 g/mol. The number of cyclic esters (lactones) is 2. The summed E-state index contributed by atoms with van der Waals surface area (Å²) >= 11 is 0. The standard InChI is InChI=1S/C51H86N2O10.C29H56N2O9/c1-12-14-15-16-17-18-19-20-21-22-23-24-25-26-27-28-29-30-31-32-43(54)53(11)41-33-37(4)61-49(45(41)56)63-47-38(5)44(55)39(6)48(58)62-42(13-2)51(9,60)46(57)40(7)52(10)35-36(3)34-50(47,8)59;1-11-21-29(8,37)24(34)19(6)31(10)14-15(2)13-28(7,36)25(17(4)22(32)18(5)26(35)39-21)40-27-23(33)20(30-9)12-16(3)38-27/h14-15,17-18,20-21,23-24,26-27,29-30,36-42,44-47,49,55-57,59-60H,12-13,16,19,22,25,28,31-35H2,1-11H3;15-25,27,30,32-34,36-37H,11-14H2,1-10H3/b15-14-,18-17-,21-20-,24-23-,27-26-,30-29-;/t36-,37-,38+,39-,40-,41+,42-,44+,45-,46-,47-,49+,50-,51-;15-,16-,17+,18-,19-,20+,21-,22+,23-,24-,25-,27+,28-,29-/m11/s1. The Morgan fingerprint density at radius 2 is 0.893 bits per heavy atom. The first-order chi connectivity index (χ1) is 48.1. The van der Waals surface area contributed by atoms with E-state index in [4.69, 9.17) is 28.4 Å². The predicted octanol–water partition coefficient (Wildman–Crippen LogP) is 7.98. The number of ether oxygens (including phenoxy) is 6. The smallest absolute Gasteiger partial charge is 0.311 e. The molecule has 0 aromatic heterocycles. The third kappa shape index (κ3) is 27.7. The molecule has 11 N–H and O–H groups in total. The Morgan fingerprint density at radius 1 is 0.544 bits per heavy atom. The van der Waals surface area contributed by atoms with Crippen LogP contribution in [-0.2, 0) is 42.8 Å². The van der Waals surface area contributed by atoms with Crippen molar-refractivity contribution in [1.29, 1.82) is 0 Å². The van der Waals surface area contributed by atoms with Crippen LogP contribution in [0.5, 0.6) is 0 Å². The number of esters is 2. The molecule has 4 rings (SSSR count). The van der Waals surface area contributed by atoms with Crippen molar-refractivity contribution in [3.05, 3.63) is 72.9 Å². The van der Waals surface area contributed by atoms with Crippen LogP contribution in [-0.4, -0.2) is 257 Å². The Hall–Kier alpha value is -3.83. The molecule has 0 radical (unpaired) electrons. The Morgan fingerprint density at radius 3 is 1.25 bits per heavy atom. The fraction of sp³-hybridized carbons (Fsp3) is 0.812. The summed E-state index contributed by atoms with van der Waals surface area (Å²) < 4.78 is 36.4. The van der Waals surface area contributed by atoms with Gasteiger partial charge in [-0.1, -0.05) is 121 Å². The molecule has 4 aliphatic rings. The molecule has 0 aliphatic carbocycles. The van der Waals surface area contributed by atoms with Crippen LogP contribution >= 0.6 is 0 Å². The van der Waals surface area contributed by atoms with Crippen molar-refractivity contribution in [3.63, 3.8) is 0 Å². The summed E-state index contributed by atoms with van der Waals surface area (Å²) in [6, 6.07) is -1.97. The lowest BCUT2D eigenvalue weighted by molar-refractivity contribution is -0.299. The Kier molecular flexibility index (Phi) is 39.9. The number of likely N-dealkylation sites (N-methyl/N-ethyl adjacent to an activating group) is 4. The van der Waals surface area contributed by atoms with Crippen LogP contribution < -0.4 is 5.32 Å². The quantitative estimate of drug-likeness (QED) is 0.0361. The van der Waals surface area contributed by atoms with Crippen molar-refractivity contribution >= 4 is 17.8 Å². The maximum atomic E-state index is 13.5. The van der Waals surface area contributed by atoms with Gasteiger partial charge in [0.1, 0.15) is 47.8 Å². The summed E-state index contributed by atoms with van der Waals surface area (Å²) in [5, 5.41) is 118. The van der Waals surface area contributed by atoms with Gasteiger partial charge >= 0.3 is 11.9 Å². The lowest BCUT2D eigenvalue weighted by atomic mass is 9.78. The first-order valence-electron chi connectivity index (χ1n) is 38.3. The number of allylic oxidation sites excluding steroid dienone is 12. The van der Waals surface area contributed by atoms with E-state index in [-0.39, 0.29) is 62.0 Å². The number of amides is 1. The van der Waals surface area contributed by atoms with Crippen LogP contribution in [0.3, 0.4) is 0 Å². The van der Waals surface area contributed by atoms with Crippen LogP contribution in [0.4, 0.5) is 0 Å². The molecule has 4 fully saturated rings. The van der Waals surface area contributed by atoms with Crippen molar-refractivity contribution in [1.82, 2.24) is 20.0 Å². The number of rotatable bonds is 22. The monoisotopic (exact) mass is 1460 g/mol. The van der Waals surface area contributed by atoms with Crippen LogP contribution in [0.15, 0.2) is 72.9 Å². The third-order valence-corrected chi connectivity index (χ3v) is 22.0. The Bertz CT molecular complexity index is 2670. The van der Waals surface area contributed by atoms with E-state index in [1.165, 1.54) is 27.7 Å². The van der Waals surface area contributed by atoms with Crippen LogP contribution in [0.2, 0.25) is 0 Å². The Labute approximate surface area is 618 Å². The van der Waals surface area contributed by atoms with Crippen molar-refractivity contribution in [2.45, 2.75) is 340 Å². The molecule has 28 atom stereocenters. The first kappa shape index (κ1) is 93.4. The highest BCUT2D eigenvalue weighted by Gasteiger charge is 2.53. The van der Waals surface area contributed by atoms with Gasteiger partial charge in [-0.3, -0.25) is 14.4 Å². The summed E-state index contributed by atoms with van der Waals surface area (Å²) in [5.74, 6) is -5.72. The topological polar surface area (TPSA) is 331 Å². The molecule has 4 aliphatic heterocycles. The fourth-order valence-corrected chi connectivity index (χ4v) is 15.4. The van der Waals surface area contributed by atoms with Crippen LogP contribution in [0.1, 0.15) is 208 Å². The number of aliphatic hydroxyl groups excluding tert-OH is 6. The molecule has 0 unspecified atom stereocenters. The zero-order chi connectivity index (χ0) is 78.1. The van der Waals surface area contributed by atoms with Gasteiger partial charge < -0.3 is 99.5 Å². The minimum Gasteiger partial charge on any atom is -0.459 e. The molecular formula is C80H142N4O19. The molecule has 23 nitrogen and oxygen atoms in total. The van der Waals surface area contributed by atoms with E-state index in [1.54, 1.807) is 74.4 Å². The first-order valence-corrected chi connectivity index (χ1v) is 38.3. The van der Waals surface area contributed by atoms with E-state index >= 15 is 0 Å². The maximum Gasteiger partial charge on any atom is 0.311 e. The van der Waals surface area contributed by atoms with E-state index in [0.29, 0.717) is 32.4 Å². The molecule has 596 valence electrons. The van der Waals surface area contributed by atoms with Crippen LogP contribution in [0.25, 0.3) is 0 Å². The van der Waals surface area contributed by atoms with E-state index in [2.05, 4.69) is 73.0 Å². The van der Waals surface area contributed by atoms with Crippen LogP contribution in [0, 0.1) is 35.5 Å². The van der Waals surface area contributed by atoms with Crippen molar-refractivity contribution in [2.75, 3.05) is 41.3 Å². The molecule has 0 saturated carbocycles. The number of aliphatic hydroxyl groups is 10. The number of nitrogens with one attached hydrogen (secondary N) is 1. The molecule has 4 heterocycles. The van der Waals surface area contributed by atoms with Crippen molar-refractivity contribution < 1.29 is 93.9 Å². The predicted molar refractivity (Wildman–Crippen MR) is 402 cm³/mol. The van der Waals surface area contributed by atoms with Gasteiger partial charge in [-0.15, -0.1) is 0 Å². The van der Waals surface area contributed by atoms with Gasteiger partial charge in [-0.2, -0.15) is 0 Å². The second kappa shape index (κ2) is 44.0. The van der Waals surface area contributed by atoms with Crippen molar-refractivity contribution in [2.24, 2.45) is 35.5 Å². The highest BCUT2D eigenvalue weighted by Crippen LogP contribution is 2.40. The van der Waals surface area contributed by atoms with Gasteiger partial charge in [-0.05, 0) is 186 Å². The summed E-state index contributed by atoms with van der Waals surface area (Å²) in [6.07, 6.45) is 19.2. The third-order valence-electron chi connectivity index (χ3n) is 22.0. The highest BCUT2D eigenvalue weighted by molar-refractivity contribution is 5.76. The van der Waals surface area contributed by atoms with Gasteiger partial charge in [0.15, 0.2) is 12.6 Å². The zero-order valence-electron chi connectivity index (χ0n) is 66.6. The molecule has 23 heteroatoms. The van der Waals surface area contributed by atoms with Gasteiger partial charge in [-0.25, -0.2) is 0 Å². The van der Waals surface area contributed by atoms with E-state index in [0.717, 1.165) is 38.5 Å². The lowest BCUT2D eigenvalue weighted by Gasteiger charge is -2.47. The minimum atomic E-state index is -1.79. The SMILES string of the molecule is CC/C=C\C/C=C\C/C=C\C/C=C\C/C=C\C/C=C\CCC(=O)N(C)[C@H]1C[C@@H](C)O[C@@H](O[C@@H]2[C@@H](C)[C@H](O)[C@@H](C)C(=O)O[C@H](CC)[C@@](C)(O)[C@H](O)[C@@H](C)N(C)C[C@H](C)C[C@@]2(C)O)[C@@H]1O.CC[C@H]1OC(=O)[C@H](C)[C@@H](O)[C@H](C)[C@@H](O[C@@H]2O[C@H](C)C[C@H](NC)[C@H]2O)[C@](C)(O)C[C@@H](C)CN(C)[C@H](C)[C@@H](O)[C@]1(C)O. The highest BCUT2D eigenvalue weighted by atomic mass is 16.7. The average Bonchev–Trinajstić information content (AvgIpc) is 1.75. The van der Waals surface area contributed by atoms with E-state index < -0.39 is 156 Å². The molecule has 1 amide bonds. The second-order valence-electron chi connectivity index (χ2n) is 31.6. The molecular weight excluding hydrogens is 1320 g/mol. The molecule has 0 spiro atoms. The van der Waals surface area contributed by atoms with Gasteiger partial charge in [0.05, 0.1) is 65.7 Å². The summed E-state index contributed by atoms with van der Waals surface area (Å²) in [4.78, 5) is 45.6. The number of carbonyl (C=O) groups is 3. The number of hydrogen-bond donors (Lipinski definition) is 11. The largest absolute Gasteiger partial charge is 0.459 e. The second-order valence-corrected chi connectivity index (χ2v) is 31.6. The van der Waals surface area contributed by atoms with Gasteiger partial charge in [0.2, 0.25) is 5.91 Å². The molecule has 4 saturated heterocycles. The maximum absolute atomic E-state index is 13.5. The molecule has 103 heavy (non-hydrogen) atoms. The minimum absolute atomic E-state index is 0.0985. The molecule has 0 aromatic rings. The Balaban J connectivity index is 0.000000591. The van der Waals surface area contributed by atoms with Crippen molar-refractivity contribution in [3.8, 4) is 0 Å².